The average molecular weight is 186 g/mol. The number of benzene rings is 1. The Morgan fingerprint density at radius 3 is 1.91 bits per heavy atom. The van der Waals surface area contributed by atoms with E-state index in [9.17, 15) is 0 Å². The van der Waals surface area contributed by atoms with Crippen molar-refractivity contribution in [2.45, 2.75) is 20.0 Å². The third kappa shape index (κ3) is 4.51. The van der Waals surface area contributed by atoms with Crippen molar-refractivity contribution in [3.8, 4) is 0 Å². The summed E-state index contributed by atoms with van der Waals surface area (Å²) in [5.74, 6) is 0. The number of rotatable bonds is 1. The van der Waals surface area contributed by atoms with Gasteiger partial charge in [0.05, 0.1) is 0 Å². The first kappa shape index (κ1) is 11.1. The fraction of sp³-hybridized carbons (Fsp3) is 0.333. The van der Waals surface area contributed by atoms with Crippen molar-refractivity contribution in [1.29, 1.82) is 0 Å². The summed E-state index contributed by atoms with van der Waals surface area (Å²) in [7, 11) is 5.37. The zero-order chi connectivity index (χ0) is 8.69. The lowest BCUT2D eigenvalue weighted by atomic mass is 10.2. The van der Waals surface area contributed by atoms with Crippen LogP contribution in [0.4, 0.5) is 0 Å². The zero-order valence-corrected chi connectivity index (χ0v) is 9.48. The molecule has 11 heavy (non-hydrogen) atoms. The van der Waals surface area contributed by atoms with Crippen LogP contribution in [0.1, 0.15) is 19.4 Å². The van der Waals surface area contributed by atoms with Crippen LogP contribution in [0.5, 0.6) is 0 Å². The SMILES string of the molecule is CC.PCc1ccc(P)cc1. The number of hydrogen-bond acceptors (Lipinski definition) is 0. The maximum atomic E-state index is 2.70. The van der Waals surface area contributed by atoms with Crippen molar-refractivity contribution in [3.63, 3.8) is 0 Å². The molecule has 0 aromatic heterocycles. The van der Waals surface area contributed by atoms with Gasteiger partial charge in [-0.2, -0.15) is 0 Å². The summed E-state index contributed by atoms with van der Waals surface area (Å²) in [6.07, 6.45) is 1.05. The summed E-state index contributed by atoms with van der Waals surface area (Å²) >= 11 is 0. The molecule has 0 saturated carbocycles. The Labute approximate surface area is 74.2 Å². The molecule has 2 heteroatoms. The molecule has 0 radical (unpaired) electrons. The molecule has 0 aliphatic carbocycles. The lowest BCUT2D eigenvalue weighted by Crippen LogP contribution is -1.87. The Morgan fingerprint density at radius 2 is 1.55 bits per heavy atom. The van der Waals surface area contributed by atoms with Gasteiger partial charge in [0.1, 0.15) is 0 Å². The molecule has 0 amide bonds. The molecule has 2 atom stereocenters. The van der Waals surface area contributed by atoms with Crippen molar-refractivity contribution >= 4 is 23.8 Å². The second kappa shape index (κ2) is 6.77. The van der Waals surface area contributed by atoms with E-state index in [0.29, 0.717) is 0 Å². The Bertz CT molecular complexity index is 179. The van der Waals surface area contributed by atoms with Crippen LogP contribution in [0.25, 0.3) is 0 Å². The van der Waals surface area contributed by atoms with E-state index < -0.39 is 0 Å². The molecule has 0 N–H and O–H groups in total. The molecule has 62 valence electrons. The molecule has 0 aliphatic rings. The summed E-state index contributed by atoms with van der Waals surface area (Å²) in [5.41, 5.74) is 1.37. The van der Waals surface area contributed by atoms with Gasteiger partial charge in [-0.3, -0.25) is 0 Å². The summed E-state index contributed by atoms with van der Waals surface area (Å²) in [5, 5.41) is 1.25. The minimum atomic E-state index is 1.05. The van der Waals surface area contributed by atoms with Gasteiger partial charge >= 0.3 is 0 Å². The largest absolute Gasteiger partial charge is 0.133 e. The maximum Gasteiger partial charge on any atom is -0.0128 e. The highest BCUT2D eigenvalue weighted by Crippen LogP contribution is 2.03. The third-order valence-corrected chi connectivity index (χ3v) is 2.07. The van der Waals surface area contributed by atoms with E-state index in [-0.39, 0.29) is 0 Å². The molecule has 0 spiro atoms. The van der Waals surface area contributed by atoms with Gasteiger partial charge in [0.15, 0.2) is 0 Å². The van der Waals surface area contributed by atoms with Gasteiger partial charge in [-0.1, -0.05) is 38.1 Å². The van der Waals surface area contributed by atoms with Crippen LogP contribution in [0.15, 0.2) is 24.3 Å². The first-order valence-corrected chi connectivity index (χ1v) is 5.27. The monoisotopic (exact) mass is 186 g/mol. The van der Waals surface area contributed by atoms with Gasteiger partial charge in [-0.25, -0.2) is 0 Å². The van der Waals surface area contributed by atoms with E-state index >= 15 is 0 Å². The van der Waals surface area contributed by atoms with Crippen molar-refractivity contribution in [3.05, 3.63) is 29.8 Å². The second-order valence-corrected chi connectivity index (χ2v) is 3.02. The fourth-order valence-corrected chi connectivity index (χ4v) is 1.12. The van der Waals surface area contributed by atoms with Crippen LogP contribution in [0.3, 0.4) is 0 Å². The minimum absolute atomic E-state index is 1.05. The third-order valence-electron chi connectivity index (χ3n) is 1.22. The first-order chi connectivity index (χ1) is 5.33. The Hall–Kier alpha value is 0.0800. The lowest BCUT2D eigenvalue weighted by molar-refractivity contribution is 1.43. The number of hydrogen-bond donors (Lipinski definition) is 0. The van der Waals surface area contributed by atoms with Crippen LogP contribution in [-0.2, 0) is 6.16 Å². The predicted molar refractivity (Wildman–Crippen MR) is 60.5 cm³/mol. The minimum Gasteiger partial charge on any atom is -0.133 e. The quantitative estimate of drug-likeness (QED) is 0.591. The molecular formula is C9H16P2. The predicted octanol–water partition coefficient (Wildman–Crippen LogP) is 2.59. The highest BCUT2D eigenvalue weighted by Gasteiger charge is 1.85. The summed E-state index contributed by atoms with van der Waals surface area (Å²) < 4.78 is 0. The highest BCUT2D eigenvalue weighted by atomic mass is 31.0. The van der Waals surface area contributed by atoms with E-state index in [2.05, 4.69) is 42.7 Å². The van der Waals surface area contributed by atoms with E-state index in [1.54, 1.807) is 0 Å². The van der Waals surface area contributed by atoms with E-state index in [4.69, 9.17) is 0 Å². The fourth-order valence-electron chi connectivity index (χ4n) is 0.654. The van der Waals surface area contributed by atoms with Crippen LogP contribution >= 0.6 is 18.5 Å². The first-order valence-electron chi connectivity index (χ1n) is 3.87. The van der Waals surface area contributed by atoms with Crippen LogP contribution in [0.2, 0.25) is 0 Å². The Kier molecular flexibility index (Phi) is 6.82. The summed E-state index contributed by atoms with van der Waals surface area (Å²) in [6.45, 7) is 4.00. The van der Waals surface area contributed by atoms with Crippen LogP contribution in [0, 0.1) is 0 Å². The lowest BCUT2D eigenvalue weighted by Gasteiger charge is -1.94. The molecule has 0 heterocycles. The van der Waals surface area contributed by atoms with Crippen molar-refractivity contribution < 1.29 is 0 Å². The van der Waals surface area contributed by atoms with Crippen molar-refractivity contribution in [2.75, 3.05) is 0 Å². The van der Waals surface area contributed by atoms with Gasteiger partial charge in [-0.05, 0) is 17.0 Å². The molecule has 0 bridgehead atoms. The molecule has 2 unspecified atom stereocenters. The molecule has 0 fully saturated rings. The maximum absolute atomic E-state index is 2.70. The van der Waals surface area contributed by atoms with E-state index in [1.807, 2.05) is 13.8 Å². The van der Waals surface area contributed by atoms with Crippen molar-refractivity contribution in [2.24, 2.45) is 0 Å². The van der Waals surface area contributed by atoms with E-state index in [1.165, 1.54) is 10.9 Å². The zero-order valence-electron chi connectivity index (χ0n) is 7.17. The van der Waals surface area contributed by atoms with Gasteiger partial charge in [-0.15, -0.1) is 18.5 Å². The van der Waals surface area contributed by atoms with Gasteiger partial charge < -0.3 is 0 Å². The smallest absolute Gasteiger partial charge is 0.0128 e. The van der Waals surface area contributed by atoms with Crippen LogP contribution in [-0.4, -0.2) is 0 Å². The average Bonchev–Trinajstić information content (AvgIpc) is 2.10. The topological polar surface area (TPSA) is 0 Å². The molecule has 0 saturated heterocycles. The molecule has 1 aromatic carbocycles. The van der Waals surface area contributed by atoms with Crippen LogP contribution < -0.4 is 5.30 Å². The molecular weight excluding hydrogens is 170 g/mol. The molecule has 1 aromatic rings. The summed E-state index contributed by atoms with van der Waals surface area (Å²) in [4.78, 5) is 0. The van der Waals surface area contributed by atoms with E-state index in [0.717, 1.165) is 6.16 Å². The highest BCUT2D eigenvalue weighted by molar-refractivity contribution is 7.27. The summed E-state index contributed by atoms with van der Waals surface area (Å²) in [6, 6.07) is 8.47. The van der Waals surface area contributed by atoms with Crippen molar-refractivity contribution in [1.82, 2.24) is 0 Å². The molecule has 0 nitrogen and oxygen atoms in total. The normalized spacial score (nSPS) is 8.36. The molecule has 0 aliphatic heterocycles. The van der Waals surface area contributed by atoms with Gasteiger partial charge in [0.25, 0.3) is 0 Å². The standard InChI is InChI=1S/C7H10P2.C2H6/c8-5-6-1-3-7(9)4-2-6;1-2/h1-4H,5,8-9H2;1-2H3. The molecule has 1 rings (SSSR count). The van der Waals surface area contributed by atoms with Gasteiger partial charge in [0.2, 0.25) is 0 Å². The van der Waals surface area contributed by atoms with Gasteiger partial charge in [0, 0.05) is 0 Å². The second-order valence-electron chi connectivity index (χ2n) is 1.95. The Morgan fingerprint density at radius 1 is 1.09 bits per heavy atom. The Balaban J connectivity index is 0.000000461.